The van der Waals surface area contributed by atoms with Crippen molar-refractivity contribution in [2.75, 3.05) is 6.16 Å². The zero-order valence-corrected chi connectivity index (χ0v) is 12.6. The fourth-order valence-corrected chi connectivity index (χ4v) is 15.1. The van der Waals surface area contributed by atoms with E-state index in [1.54, 1.807) is 6.92 Å². The fourth-order valence-electron chi connectivity index (χ4n) is 1.26. The first-order chi connectivity index (χ1) is 7.81. The molecular formula is C5H14O9PS3+. The first-order valence-electron chi connectivity index (χ1n) is 4.62. The molecule has 0 saturated carbocycles. The summed E-state index contributed by atoms with van der Waals surface area (Å²) >= 11 is 0. The standard InChI is InChI=1S/C5H13O9PS3/c1-2-3-4-5-15(16(6,7)8,17(9,10)11)18(12,13)14/h2-5H2,1H3,(H2-,6,7,8,9,10,11,12,13,14)/p+1. The Morgan fingerprint density at radius 3 is 1.33 bits per heavy atom. The first kappa shape index (κ1) is 18.2. The Morgan fingerprint density at radius 2 is 1.11 bits per heavy atom. The Labute approximate surface area is 105 Å². The molecule has 0 atom stereocenters. The summed E-state index contributed by atoms with van der Waals surface area (Å²) in [5, 5.41) is 0. The van der Waals surface area contributed by atoms with Gasteiger partial charge >= 0.3 is 34.1 Å². The molecule has 13 heteroatoms. The van der Waals surface area contributed by atoms with Crippen LogP contribution >= 0.6 is 4.87 Å². The van der Waals surface area contributed by atoms with Gasteiger partial charge < -0.3 is 0 Å². The minimum absolute atomic E-state index is 0.205. The van der Waals surface area contributed by atoms with Crippen molar-refractivity contribution < 1.29 is 38.9 Å². The van der Waals surface area contributed by atoms with Crippen LogP contribution in [0.15, 0.2) is 0 Å². The van der Waals surface area contributed by atoms with Crippen LogP contribution in [-0.4, -0.2) is 45.1 Å². The van der Waals surface area contributed by atoms with E-state index in [-0.39, 0.29) is 12.8 Å². The van der Waals surface area contributed by atoms with Crippen LogP contribution in [0.4, 0.5) is 0 Å². The maximum atomic E-state index is 11.1. The van der Waals surface area contributed by atoms with Crippen molar-refractivity contribution in [2.45, 2.75) is 26.2 Å². The van der Waals surface area contributed by atoms with Crippen molar-refractivity contribution in [2.24, 2.45) is 0 Å². The van der Waals surface area contributed by atoms with E-state index in [1.165, 1.54) is 0 Å². The van der Waals surface area contributed by atoms with Crippen LogP contribution in [0.3, 0.4) is 0 Å². The lowest BCUT2D eigenvalue weighted by Gasteiger charge is -2.15. The van der Waals surface area contributed by atoms with Crippen LogP contribution in [0.25, 0.3) is 0 Å². The van der Waals surface area contributed by atoms with Gasteiger partial charge in [-0.3, -0.25) is 13.7 Å². The largest absolute Gasteiger partial charge is 0.445 e. The zero-order valence-electron chi connectivity index (χ0n) is 9.29. The van der Waals surface area contributed by atoms with E-state index in [2.05, 4.69) is 0 Å². The van der Waals surface area contributed by atoms with Crippen molar-refractivity contribution >= 4 is 34.1 Å². The van der Waals surface area contributed by atoms with Gasteiger partial charge in [0.15, 0.2) is 0 Å². The van der Waals surface area contributed by atoms with Gasteiger partial charge in [-0.2, -0.15) is 25.3 Å². The first-order valence-corrected chi connectivity index (χ1v) is 12.7. The topological polar surface area (TPSA) is 163 Å². The molecule has 0 aliphatic carbocycles. The highest BCUT2D eigenvalue weighted by molar-refractivity contribution is 9.10. The summed E-state index contributed by atoms with van der Waals surface area (Å²) in [4.78, 5) is -5.49. The maximum Gasteiger partial charge on any atom is 0.445 e. The molecule has 3 N–H and O–H groups in total. The van der Waals surface area contributed by atoms with Crippen molar-refractivity contribution in [3.05, 3.63) is 0 Å². The van der Waals surface area contributed by atoms with Crippen LogP contribution in [0.2, 0.25) is 0 Å². The average molecular weight is 345 g/mol. The molecule has 110 valence electrons. The maximum absolute atomic E-state index is 11.1. The van der Waals surface area contributed by atoms with Crippen LogP contribution in [-0.2, 0) is 29.2 Å². The summed E-state index contributed by atoms with van der Waals surface area (Å²) < 4.78 is 92.9. The second-order valence-corrected chi connectivity index (χ2v) is 19.6. The van der Waals surface area contributed by atoms with Crippen molar-refractivity contribution in [1.29, 1.82) is 0 Å². The molecular weight excluding hydrogens is 331 g/mol. The predicted octanol–water partition coefficient (Wildman–Crippen LogP) is 0.603. The molecule has 0 aromatic rings. The van der Waals surface area contributed by atoms with Crippen LogP contribution in [0.1, 0.15) is 26.2 Å². The second kappa shape index (κ2) is 5.65. The summed E-state index contributed by atoms with van der Waals surface area (Å²) in [6.07, 6.45) is -0.494. The molecule has 0 spiro atoms. The molecule has 0 aromatic carbocycles. The third-order valence-electron chi connectivity index (χ3n) is 2.09. The molecule has 0 aliphatic heterocycles. The Balaban J connectivity index is 6.12. The summed E-state index contributed by atoms with van der Waals surface area (Å²) in [6.45, 7) is 1.68. The van der Waals surface area contributed by atoms with Crippen LogP contribution in [0, 0.1) is 0 Å². The van der Waals surface area contributed by atoms with Crippen molar-refractivity contribution in [3.8, 4) is 0 Å². The minimum Gasteiger partial charge on any atom is -0.255 e. The molecule has 0 fully saturated rings. The Morgan fingerprint density at radius 1 is 0.778 bits per heavy atom. The molecule has 0 unspecified atom stereocenters. The van der Waals surface area contributed by atoms with Gasteiger partial charge in [0, 0.05) is 0 Å². The van der Waals surface area contributed by atoms with E-state index in [1.807, 2.05) is 0 Å². The van der Waals surface area contributed by atoms with Gasteiger partial charge in [0.05, 0.1) is 0 Å². The van der Waals surface area contributed by atoms with E-state index in [0.717, 1.165) is 0 Å². The summed E-state index contributed by atoms with van der Waals surface area (Å²) in [7, 11) is -17.1. The highest BCUT2D eigenvalue weighted by atomic mass is 33.4. The molecule has 0 aliphatic rings. The summed E-state index contributed by atoms with van der Waals surface area (Å²) in [6, 6.07) is 0. The lowest BCUT2D eigenvalue weighted by molar-refractivity contribution is 0.491. The highest BCUT2D eigenvalue weighted by Crippen LogP contribution is 2.73. The van der Waals surface area contributed by atoms with E-state index < -0.39 is 40.2 Å². The molecule has 0 heterocycles. The quantitative estimate of drug-likeness (QED) is 0.340. The lowest BCUT2D eigenvalue weighted by Crippen LogP contribution is -2.25. The van der Waals surface area contributed by atoms with Gasteiger partial charge in [-0.1, -0.05) is 13.3 Å². The second-order valence-electron chi connectivity index (χ2n) is 3.39. The van der Waals surface area contributed by atoms with Gasteiger partial charge in [-0.05, 0) is 12.8 Å². The van der Waals surface area contributed by atoms with Gasteiger partial charge in [0.25, 0.3) is 0 Å². The summed E-state index contributed by atoms with van der Waals surface area (Å²) in [5.74, 6) is 0. The molecule has 0 saturated heterocycles. The Kier molecular flexibility index (Phi) is 5.70. The molecule has 18 heavy (non-hydrogen) atoms. The Hall–Kier alpha value is 0.160. The fraction of sp³-hybridized carbons (Fsp3) is 1.00. The summed E-state index contributed by atoms with van der Waals surface area (Å²) in [5.41, 5.74) is 0. The lowest BCUT2D eigenvalue weighted by atomic mass is 10.3. The van der Waals surface area contributed by atoms with E-state index in [0.29, 0.717) is 6.42 Å². The number of unbranched alkanes of at least 4 members (excludes halogenated alkanes) is 2. The van der Waals surface area contributed by atoms with Gasteiger partial charge in [-0.15, -0.1) is 0 Å². The SMILES string of the molecule is CCCCC[P+](S(=O)(=O)O)(S(=O)(=O)O)S(=O)(=O)O. The molecule has 9 nitrogen and oxygen atoms in total. The smallest absolute Gasteiger partial charge is 0.255 e. The van der Waals surface area contributed by atoms with Crippen LogP contribution < -0.4 is 0 Å². The predicted molar refractivity (Wildman–Crippen MR) is 66.0 cm³/mol. The number of rotatable bonds is 7. The molecule has 0 radical (unpaired) electrons. The minimum atomic E-state index is -5.69. The van der Waals surface area contributed by atoms with Crippen LogP contribution in [0.5, 0.6) is 0 Å². The normalized spacial score (nSPS) is 14.7. The highest BCUT2D eigenvalue weighted by Gasteiger charge is 2.74. The molecule has 0 aromatic heterocycles. The van der Waals surface area contributed by atoms with Crippen molar-refractivity contribution in [1.82, 2.24) is 0 Å². The van der Waals surface area contributed by atoms with E-state index in [4.69, 9.17) is 13.7 Å². The number of hydrogen-bond acceptors (Lipinski definition) is 6. The van der Waals surface area contributed by atoms with Gasteiger partial charge in [0.1, 0.15) is 6.16 Å². The molecule has 0 amide bonds. The monoisotopic (exact) mass is 345 g/mol. The number of hydrogen-bond donors (Lipinski definition) is 3. The molecule has 0 bridgehead atoms. The molecule has 0 rings (SSSR count). The van der Waals surface area contributed by atoms with E-state index in [9.17, 15) is 25.3 Å². The Bertz CT molecular complexity index is 507. The van der Waals surface area contributed by atoms with Crippen molar-refractivity contribution in [3.63, 3.8) is 0 Å². The van der Waals surface area contributed by atoms with Gasteiger partial charge in [-0.25, -0.2) is 0 Å². The zero-order chi connectivity index (χ0) is 14.8. The average Bonchev–Trinajstić information content (AvgIpc) is 2.05. The van der Waals surface area contributed by atoms with Gasteiger partial charge in [0.2, 0.25) is 0 Å². The third-order valence-corrected chi connectivity index (χ3v) is 23.2. The third kappa shape index (κ3) is 3.38. The van der Waals surface area contributed by atoms with E-state index >= 15 is 0 Å².